The van der Waals surface area contributed by atoms with Gasteiger partial charge in [0.2, 0.25) is 5.91 Å². The molecule has 2 aromatic carbocycles. The molecule has 0 unspecified atom stereocenters. The second-order valence-electron chi connectivity index (χ2n) is 7.35. The third-order valence-electron chi connectivity index (χ3n) is 5.15. The Hall–Kier alpha value is -2.40. The predicted molar refractivity (Wildman–Crippen MR) is 107 cm³/mol. The molecule has 5 heteroatoms. The minimum atomic E-state index is -0.283. The van der Waals surface area contributed by atoms with Crippen LogP contribution in [-0.2, 0) is 11.2 Å². The van der Waals surface area contributed by atoms with Gasteiger partial charge in [-0.1, -0.05) is 24.3 Å². The van der Waals surface area contributed by atoms with E-state index in [-0.39, 0.29) is 24.2 Å². The van der Waals surface area contributed by atoms with Crippen molar-refractivity contribution < 1.29 is 9.18 Å². The zero-order valence-corrected chi connectivity index (χ0v) is 16.1. The SMILES string of the molecule is CN(C)c1ccc([C@@H](CNC(=O)Cc2ccc(F)cc2)N2CCCC2)cc1. The first-order valence-electron chi connectivity index (χ1n) is 9.55. The highest BCUT2D eigenvalue weighted by atomic mass is 19.1. The standard InChI is InChI=1S/C22H28FN3O/c1-25(2)20-11-7-18(8-12-20)21(26-13-3-4-14-26)16-24-22(27)15-17-5-9-19(23)10-6-17/h5-12,21H,3-4,13-16H2,1-2H3,(H,24,27)/t21-/m1/s1. The van der Waals surface area contributed by atoms with Crippen LogP contribution in [0.15, 0.2) is 48.5 Å². The predicted octanol–water partition coefficient (Wildman–Crippen LogP) is 3.39. The summed E-state index contributed by atoms with van der Waals surface area (Å²) in [4.78, 5) is 16.9. The van der Waals surface area contributed by atoms with Gasteiger partial charge in [0.15, 0.2) is 0 Å². The van der Waals surface area contributed by atoms with Crippen molar-refractivity contribution >= 4 is 11.6 Å². The molecule has 2 aromatic rings. The molecule has 1 aliphatic rings. The highest BCUT2D eigenvalue weighted by molar-refractivity contribution is 5.78. The quantitative estimate of drug-likeness (QED) is 0.813. The van der Waals surface area contributed by atoms with E-state index >= 15 is 0 Å². The van der Waals surface area contributed by atoms with E-state index in [4.69, 9.17) is 0 Å². The van der Waals surface area contributed by atoms with Crippen LogP contribution in [0.3, 0.4) is 0 Å². The molecule has 0 bridgehead atoms. The maximum Gasteiger partial charge on any atom is 0.224 e. The lowest BCUT2D eigenvalue weighted by Crippen LogP contribution is -2.37. The van der Waals surface area contributed by atoms with Crippen LogP contribution < -0.4 is 10.2 Å². The zero-order chi connectivity index (χ0) is 19.2. The third kappa shape index (κ3) is 5.30. The number of halogens is 1. The van der Waals surface area contributed by atoms with Crippen LogP contribution in [0.25, 0.3) is 0 Å². The molecule has 1 saturated heterocycles. The van der Waals surface area contributed by atoms with E-state index in [2.05, 4.69) is 39.4 Å². The van der Waals surface area contributed by atoms with Crippen molar-refractivity contribution in [3.05, 3.63) is 65.5 Å². The monoisotopic (exact) mass is 369 g/mol. The van der Waals surface area contributed by atoms with E-state index < -0.39 is 0 Å². The Morgan fingerprint density at radius 3 is 2.30 bits per heavy atom. The molecule has 27 heavy (non-hydrogen) atoms. The van der Waals surface area contributed by atoms with Gasteiger partial charge in [0.25, 0.3) is 0 Å². The molecule has 0 aromatic heterocycles. The average molecular weight is 369 g/mol. The van der Waals surface area contributed by atoms with Crippen LogP contribution in [-0.4, -0.2) is 44.5 Å². The third-order valence-corrected chi connectivity index (χ3v) is 5.15. The maximum atomic E-state index is 13.0. The van der Waals surface area contributed by atoms with Gasteiger partial charge in [-0.3, -0.25) is 9.69 Å². The second-order valence-corrected chi connectivity index (χ2v) is 7.35. The van der Waals surface area contributed by atoms with Gasteiger partial charge in [0.05, 0.1) is 12.5 Å². The first-order valence-corrected chi connectivity index (χ1v) is 9.55. The Kier molecular flexibility index (Phi) is 6.45. The number of rotatable bonds is 7. The number of nitrogens with zero attached hydrogens (tertiary/aromatic N) is 2. The largest absolute Gasteiger partial charge is 0.378 e. The second kappa shape index (κ2) is 9.00. The number of hydrogen-bond donors (Lipinski definition) is 1. The lowest BCUT2D eigenvalue weighted by molar-refractivity contribution is -0.120. The number of likely N-dealkylation sites (tertiary alicyclic amines) is 1. The van der Waals surface area contributed by atoms with E-state index in [1.54, 1.807) is 12.1 Å². The molecule has 1 atom stereocenters. The molecule has 144 valence electrons. The molecular formula is C22H28FN3O. The Labute approximate surface area is 161 Å². The van der Waals surface area contributed by atoms with Crippen LogP contribution >= 0.6 is 0 Å². The maximum absolute atomic E-state index is 13.0. The fourth-order valence-corrected chi connectivity index (χ4v) is 3.57. The van der Waals surface area contributed by atoms with Crippen molar-refractivity contribution in [2.75, 3.05) is 38.6 Å². The summed E-state index contributed by atoms with van der Waals surface area (Å²) >= 11 is 0. The molecule has 1 amide bonds. The normalized spacial score (nSPS) is 15.5. The number of anilines is 1. The van der Waals surface area contributed by atoms with Gasteiger partial charge in [0.1, 0.15) is 5.82 Å². The van der Waals surface area contributed by atoms with Crippen LogP contribution in [0.4, 0.5) is 10.1 Å². The van der Waals surface area contributed by atoms with Crippen LogP contribution in [0.5, 0.6) is 0 Å². The molecule has 1 N–H and O–H groups in total. The van der Waals surface area contributed by atoms with E-state index in [0.29, 0.717) is 6.54 Å². The zero-order valence-electron chi connectivity index (χ0n) is 16.1. The molecule has 1 fully saturated rings. The highest BCUT2D eigenvalue weighted by Crippen LogP contribution is 2.26. The number of carbonyl (C=O) groups is 1. The van der Waals surface area contributed by atoms with E-state index in [1.807, 2.05) is 14.1 Å². The summed E-state index contributed by atoms with van der Waals surface area (Å²) < 4.78 is 13.0. The summed E-state index contributed by atoms with van der Waals surface area (Å²) in [7, 11) is 4.06. The minimum absolute atomic E-state index is 0.0317. The summed E-state index contributed by atoms with van der Waals surface area (Å²) in [6.45, 7) is 2.71. The molecule has 0 radical (unpaired) electrons. The molecule has 3 rings (SSSR count). The van der Waals surface area contributed by atoms with E-state index in [0.717, 1.165) is 18.7 Å². The fourth-order valence-electron chi connectivity index (χ4n) is 3.57. The van der Waals surface area contributed by atoms with Crippen molar-refractivity contribution in [2.24, 2.45) is 0 Å². The number of hydrogen-bond acceptors (Lipinski definition) is 3. The van der Waals surface area contributed by atoms with Crippen molar-refractivity contribution in [3.63, 3.8) is 0 Å². The van der Waals surface area contributed by atoms with Gasteiger partial charge in [-0.05, 0) is 61.3 Å². The molecule has 1 aliphatic heterocycles. The summed E-state index contributed by atoms with van der Waals surface area (Å²) in [5, 5.41) is 3.07. The van der Waals surface area contributed by atoms with Gasteiger partial charge >= 0.3 is 0 Å². The van der Waals surface area contributed by atoms with Crippen LogP contribution in [0.2, 0.25) is 0 Å². The summed E-state index contributed by atoms with van der Waals surface area (Å²) in [5.74, 6) is -0.315. The van der Waals surface area contributed by atoms with Gasteiger partial charge in [-0.25, -0.2) is 4.39 Å². The van der Waals surface area contributed by atoms with Gasteiger partial charge in [0, 0.05) is 26.3 Å². The molecular weight excluding hydrogens is 341 g/mol. The first kappa shape index (κ1) is 19.4. The minimum Gasteiger partial charge on any atom is -0.378 e. The number of amides is 1. The fraction of sp³-hybridized carbons (Fsp3) is 0.409. The smallest absolute Gasteiger partial charge is 0.224 e. The van der Waals surface area contributed by atoms with Gasteiger partial charge in [-0.2, -0.15) is 0 Å². The lowest BCUT2D eigenvalue weighted by atomic mass is 10.0. The van der Waals surface area contributed by atoms with Gasteiger partial charge in [-0.15, -0.1) is 0 Å². The van der Waals surface area contributed by atoms with Crippen LogP contribution in [0, 0.1) is 5.82 Å². The number of nitrogens with one attached hydrogen (secondary N) is 1. The van der Waals surface area contributed by atoms with Crippen molar-refractivity contribution in [2.45, 2.75) is 25.3 Å². The molecule has 0 aliphatic carbocycles. The highest BCUT2D eigenvalue weighted by Gasteiger charge is 2.24. The number of benzene rings is 2. The molecule has 4 nitrogen and oxygen atoms in total. The summed E-state index contributed by atoms with van der Waals surface area (Å²) in [6, 6.07) is 14.8. The van der Waals surface area contributed by atoms with E-state index in [9.17, 15) is 9.18 Å². The summed E-state index contributed by atoms with van der Waals surface area (Å²) in [5.41, 5.74) is 3.21. The summed E-state index contributed by atoms with van der Waals surface area (Å²) in [6.07, 6.45) is 2.68. The Balaban J connectivity index is 1.64. The van der Waals surface area contributed by atoms with Crippen LogP contribution in [0.1, 0.15) is 30.0 Å². The molecule has 1 heterocycles. The van der Waals surface area contributed by atoms with Crippen molar-refractivity contribution in [1.29, 1.82) is 0 Å². The Bertz CT molecular complexity index is 737. The molecule has 0 spiro atoms. The first-order chi connectivity index (χ1) is 13.0. The average Bonchev–Trinajstić information content (AvgIpc) is 3.19. The Morgan fingerprint density at radius 2 is 1.70 bits per heavy atom. The van der Waals surface area contributed by atoms with Gasteiger partial charge < -0.3 is 10.2 Å². The van der Waals surface area contributed by atoms with Crippen molar-refractivity contribution in [3.8, 4) is 0 Å². The van der Waals surface area contributed by atoms with Crippen molar-refractivity contribution in [1.82, 2.24) is 10.2 Å². The Morgan fingerprint density at radius 1 is 1.07 bits per heavy atom. The molecule has 0 saturated carbocycles. The number of carbonyl (C=O) groups excluding carboxylic acids is 1. The van der Waals surface area contributed by atoms with E-state index in [1.165, 1.54) is 36.2 Å². The topological polar surface area (TPSA) is 35.6 Å². The lowest BCUT2D eigenvalue weighted by Gasteiger charge is -2.28.